The van der Waals surface area contributed by atoms with Crippen molar-refractivity contribution in [1.29, 1.82) is 0 Å². The quantitative estimate of drug-likeness (QED) is 0.679. The molecule has 1 nitrogen and oxygen atoms in total. The average molecular weight is 197 g/mol. The molecule has 0 N–H and O–H groups in total. The number of aromatic nitrogens is 1. The van der Waals surface area contributed by atoms with E-state index in [4.69, 9.17) is 0 Å². The molecule has 0 spiro atoms. The predicted molar refractivity (Wildman–Crippen MR) is 63.9 cm³/mol. The maximum atomic E-state index is 4.40. The summed E-state index contributed by atoms with van der Waals surface area (Å²) in [6, 6.07) is 10.6. The molecule has 0 saturated carbocycles. The van der Waals surface area contributed by atoms with Crippen molar-refractivity contribution in [3.05, 3.63) is 53.2 Å². The molecule has 2 rings (SSSR count). The zero-order chi connectivity index (χ0) is 10.8. The lowest BCUT2D eigenvalue weighted by Crippen LogP contribution is -1.88. The minimum absolute atomic E-state index is 1.06. The summed E-state index contributed by atoms with van der Waals surface area (Å²) in [6.07, 6.45) is 1.87. The standard InChI is InChI=1S/C14H15N/c1-10-4-5-13(12(3)8-10)14-9-11(2)6-7-15-14/h4-9H,1-3H3. The van der Waals surface area contributed by atoms with Crippen LogP contribution in [0.15, 0.2) is 36.5 Å². The van der Waals surface area contributed by atoms with Crippen LogP contribution in [0, 0.1) is 20.8 Å². The van der Waals surface area contributed by atoms with E-state index in [0.29, 0.717) is 0 Å². The summed E-state index contributed by atoms with van der Waals surface area (Å²) in [5.41, 5.74) is 6.12. The second-order valence-electron chi connectivity index (χ2n) is 4.04. The molecule has 76 valence electrons. The van der Waals surface area contributed by atoms with Gasteiger partial charge in [-0.3, -0.25) is 4.98 Å². The van der Waals surface area contributed by atoms with Crippen LogP contribution in [0.3, 0.4) is 0 Å². The Kier molecular flexibility index (Phi) is 2.55. The average Bonchev–Trinajstić information content (AvgIpc) is 2.17. The second-order valence-corrected chi connectivity index (χ2v) is 4.04. The molecule has 1 heterocycles. The molecule has 0 aliphatic carbocycles. The van der Waals surface area contributed by atoms with Crippen LogP contribution in [0.5, 0.6) is 0 Å². The van der Waals surface area contributed by atoms with E-state index in [0.717, 1.165) is 5.69 Å². The molecular formula is C14H15N. The van der Waals surface area contributed by atoms with Crippen LogP contribution >= 0.6 is 0 Å². The van der Waals surface area contributed by atoms with E-state index in [1.807, 2.05) is 12.3 Å². The van der Waals surface area contributed by atoms with E-state index >= 15 is 0 Å². The maximum Gasteiger partial charge on any atom is 0.0707 e. The summed E-state index contributed by atoms with van der Waals surface area (Å²) in [7, 11) is 0. The van der Waals surface area contributed by atoms with Gasteiger partial charge >= 0.3 is 0 Å². The van der Waals surface area contributed by atoms with Crippen molar-refractivity contribution >= 4 is 0 Å². The van der Waals surface area contributed by atoms with Crippen molar-refractivity contribution in [2.45, 2.75) is 20.8 Å². The van der Waals surface area contributed by atoms with E-state index in [2.05, 4.69) is 50.0 Å². The summed E-state index contributed by atoms with van der Waals surface area (Å²) in [6.45, 7) is 6.33. The van der Waals surface area contributed by atoms with Gasteiger partial charge in [-0.15, -0.1) is 0 Å². The number of hydrogen-bond acceptors (Lipinski definition) is 1. The third-order valence-electron chi connectivity index (χ3n) is 2.57. The SMILES string of the molecule is Cc1ccnc(-c2ccc(C)cc2C)c1. The van der Waals surface area contributed by atoms with Gasteiger partial charge in [0.05, 0.1) is 5.69 Å². The number of nitrogens with zero attached hydrogens (tertiary/aromatic N) is 1. The summed E-state index contributed by atoms with van der Waals surface area (Å²) in [5.74, 6) is 0. The maximum absolute atomic E-state index is 4.40. The molecular weight excluding hydrogens is 182 g/mol. The van der Waals surface area contributed by atoms with Crippen LogP contribution in [0.1, 0.15) is 16.7 Å². The predicted octanol–water partition coefficient (Wildman–Crippen LogP) is 3.67. The molecule has 1 aromatic heterocycles. The molecule has 0 atom stereocenters. The number of hydrogen-bond donors (Lipinski definition) is 0. The lowest BCUT2D eigenvalue weighted by atomic mass is 10.0. The number of rotatable bonds is 1. The first kappa shape index (κ1) is 9.91. The molecule has 0 radical (unpaired) electrons. The zero-order valence-corrected chi connectivity index (χ0v) is 9.41. The lowest BCUT2D eigenvalue weighted by molar-refractivity contribution is 1.27. The van der Waals surface area contributed by atoms with Gasteiger partial charge in [-0.25, -0.2) is 0 Å². The summed E-state index contributed by atoms with van der Waals surface area (Å²) < 4.78 is 0. The van der Waals surface area contributed by atoms with Gasteiger partial charge in [0.1, 0.15) is 0 Å². The first-order valence-electron chi connectivity index (χ1n) is 5.17. The van der Waals surface area contributed by atoms with Crippen LogP contribution in [0.4, 0.5) is 0 Å². The monoisotopic (exact) mass is 197 g/mol. The fourth-order valence-corrected chi connectivity index (χ4v) is 1.78. The summed E-state index contributed by atoms with van der Waals surface area (Å²) in [4.78, 5) is 4.40. The van der Waals surface area contributed by atoms with E-state index in [1.54, 1.807) is 0 Å². The highest BCUT2D eigenvalue weighted by Gasteiger charge is 2.02. The topological polar surface area (TPSA) is 12.9 Å². The molecule has 0 unspecified atom stereocenters. The van der Waals surface area contributed by atoms with Gasteiger partial charge in [-0.2, -0.15) is 0 Å². The molecule has 0 bridgehead atoms. The molecule has 1 heteroatoms. The highest BCUT2D eigenvalue weighted by molar-refractivity contribution is 5.64. The van der Waals surface area contributed by atoms with E-state index in [9.17, 15) is 0 Å². The largest absolute Gasteiger partial charge is 0.256 e. The summed E-state index contributed by atoms with van der Waals surface area (Å²) >= 11 is 0. The van der Waals surface area contributed by atoms with Gasteiger partial charge in [0.25, 0.3) is 0 Å². The molecule has 0 saturated heterocycles. The van der Waals surface area contributed by atoms with Crippen molar-refractivity contribution in [3.8, 4) is 11.3 Å². The Morgan fingerprint density at radius 1 is 0.867 bits per heavy atom. The number of aryl methyl sites for hydroxylation is 3. The van der Waals surface area contributed by atoms with E-state index < -0.39 is 0 Å². The third kappa shape index (κ3) is 2.07. The fraction of sp³-hybridized carbons (Fsp3) is 0.214. The van der Waals surface area contributed by atoms with Gasteiger partial charge in [0.15, 0.2) is 0 Å². The van der Waals surface area contributed by atoms with Gasteiger partial charge in [-0.1, -0.05) is 23.8 Å². The number of benzene rings is 1. The van der Waals surface area contributed by atoms with Crippen molar-refractivity contribution in [2.24, 2.45) is 0 Å². The number of pyridine rings is 1. The molecule has 1 aromatic carbocycles. The zero-order valence-electron chi connectivity index (χ0n) is 9.41. The minimum atomic E-state index is 1.06. The molecule has 0 fully saturated rings. The molecule has 2 aromatic rings. The van der Waals surface area contributed by atoms with Gasteiger partial charge in [0, 0.05) is 11.8 Å². The fourth-order valence-electron chi connectivity index (χ4n) is 1.78. The van der Waals surface area contributed by atoms with Gasteiger partial charge in [0.2, 0.25) is 0 Å². The van der Waals surface area contributed by atoms with Crippen molar-refractivity contribution in [2.75, 3.05) is 0 Å². The molecule has 0 aliphatic heterocycles. The lowest BCUT2D eigenvalue weighted by Gasteiger charge is -2.06. The Labute approximate surface area is 90.8 Å². The Balaban J connectivity index is 2.54. The molecule has 0 aliphatic rings. The first-order valence-corrected chi connectivity index (χ1v) is 5.17. The van der Waals surface area contributed by atoms with Gasteiger partial charge < -0.3 is 0 Å². The Morgan fingerprint density at radius 2 is 1.60 bits per heavy atom. The Morgan fingerprint density at radius 3 is 2.27 bits per heavy atom. The molecule has 0 amide bonds. The normalized spacial score (nSPS) is 10.3. The minimum Gasteiger partial charge on any atom is -0.256 e. The van der Waals surface area contributed by atoms with Crippen LogP contribution < -0.4 is 0 Å². The van der Waals surface area contributed by atoms with E-state index in [-0.39, 0.29) is 0 Å². The third-order valence-corrected chi connectivity index (χ3v) is 2.57. The Hall–Kier alpha value is -1.63. The van der Waals surface area contributed by atoms with Crippen molar-refractivity contribution in [3.63, 3.8) is 0 Å². The second kappa shape index (κ2) is 3.85. The van der Waals surface area contributed by atoms with Crippen LogP contribution in [0.25, 0.3) is 11.3 Å². The first-order chi connectivity index (χ1) is 7.16. The van der Waals surface area contributed by atoms with Crippen LogP contribution in [-0.2, 0) is 0 Å². The highest BCUT2D eigenvalue weighted by Crippen LogP contribution is 2.22. The smallest absolute Gasteiger partial charge is 0.0707 e. The van der Waals surface area contributed by atoms with Gasteiger partial charge in [-0.05, 0) is 44.0 Å². The van der Waals surface area contributed by atoms with Crippen LogP contribution in [0.2, 0.25) is 0 Å². The Bertz CT molecular complexity index is 486. The molecule has 15 heavy (non-hydrogen) atoms. The summed E-state index contributed by atoms with van der Waals surface area (Å²) in [5, 5.41) is 0. The van der Waals surface area contributed by atoms with Crippen molar-refractivity contribution < 1.29 is 0 Å². The van der Waals surface area contributed by atoms with E-state index in [1.165, 1.54) is 22.3 Å². The van der Waals surface area contributed by atoms with Crippen LogP contribution in [-0.4, -0.2) is 4.98 Å². The van der Waals surface area contributed by atoms with Crippen molar-refractivity contribution in [1.82, 2.24) is 4.98 Å². The highest BCUT2D eigenvalue weighted by atomic mass is 14.7.